The van der Waals surface area contributed by atoms with Gasteiger partial charge in [0.2, 0.25) is 5.82 Å². The fourth-order valence-corrected chi connectivity index (χ4v) is 3.15. The highest BCUT2D eigenvalue weighted by Gasteiger charge is 2.17. The molecular formula is C20H21N7O. The minimum atomic E-state index is -0.334. The van der Waals surface area contributed by atoms with E-state index in [2.05, 4.69) is 37.6 Å². The molecule has 1 N–H and O–H groups in total. The van der Waals surface area contributed by atoms with E-state index in [4.69, 9.17) is 0 Å². The molecule has 0 unspecified atom stereocenters. The molecule has 28 heavy (non-hydrogen) atoms. The van der Waals surface area contributed by atoms with E-state index >= 15 is 0 Å². The number of nitrogens with zero attached hydrogens (tertiary/aromatic N) is 6. The first kappa shape index (κ1) is 17.8. The van der Waals surface area contributed by atoms with Crippen molar-refractivity contribution in [3.63, 3.8) is 0 Å². The lowest BCUT2D eigenvalue weighted by Gasteiger charge is -2.06. The molecule has 0 aliphatic carbocycles. The first-order chi connectivity index (χ1) is 13.5. The SMILES string of the molecule is Cc1nn(Cc2ccccc2)c(C)c1CNC(=O)c1nc2nccc(C)n2n1. The summed E-state index contributed by atoms with van der Waals surface area (Å²) in [7, 11) is 0. The zero-order chi connectivity index (χ0) is 19.7. The number of nitrogens with one attached hydrogen (secondary N) is 1. The van der Waals surface area contributed by atoms with E-state index in [1.807, 2.05) is 49.7 Å². The first-order valence-corrected chi connectivity index (χ1v) is 9.06. The molecule has 0 radical (unpaired) electrons. The molecule has 3 aromatic heterocycles. The lowest BCUT2D eigenvalue weighted by molar-refractivity contribution is 0.0940. The van der Waals surface area contributed by atoms with Crippen molar-refractivity contribution in [2.75, 3.05) is 0 Å². The molecule has 142 valence electrons. The summed E-state index contributed by atoms with van der Waals surface area (Å²) in [6, 6.07) is 12.0. The Bertz CT molecular complexity index is 1140. The maximum absolute atomic E-state index is 12.5. The smallest absolute Gasteiger partial charge is 0.291 e. The Balaban J connectivity index is 1.49. The van der Waals surface area contributed by atoms with Gasteiger partial charge in [-0.25, -0.2) is 9.50 Å². The van der Waals surface area contributed by atoms with Gasteiger partial charge in [-0.2, -0.15) is 10.1 Å². The molecule has 3 heterocycles. The number of amides is 1. The zero-order valence-corrected chi connectivity index (χ0v) is 16.0. The number of rotatable bonds is 5. The molecule has 0 spiro atoms. The van der Waals surface area contributed by atoms with Crippen LogP contribution in [0, 0.1) is 20.8 Å². The largest absolute Gasteiger partial charge is 0.345 e. The number of benzene rings is 1. The highest BCUT2D eigenvalue weighted by Crippen LogP contribution is 2.15. The molecule has 0 bridgehead atoms. The van der Waals surface area contributed by atoms with Crippen LogP contribution in [0.15, 0.2) is 42.6 Å². The van der Waals surface area contributed by atoms with Crippen LogP contribution in [0.4, 0.5) is 0 Å². The molecule has 1 amide bonds. The minimum Gasteiger partial charge on any atom is -0.345 e. The van der Waals surface area contributed by atoms with Crippen molar-refractivity contribution in [3.05, 3.63) is 76.6 Å². The van der Waals surface area contributed by atoms with Crippen molar-refractivity contribution >= 4 is 11.7 Å². The molecule has 0 atom stereocenters. The number of aryl methyl sites for hydroxylation is 2. The fraction of sp³-hybridized carbons (Fsp3) is 0.250. The molecule has 0 fully saturated rings. The summed E-state index contributed by atoms with van der Waals surface area (Å²) in [5.74, 6) is 0.182. The standard InChI is InChI=1S/C20H21N7O/c1-13-9-10-21-20-23-18(25-27(13)20)19(28)22-11-17-14(2)24-26(15(17)3)12-16-7-5-4-6-8-16/h4-10H,11-12H2,1-3H3,(H,22,28). The van der Waals surface area contributed by atoms with Gasteiger partial charge in [0.25, 0.3) is 11.7 Å². The molecular weight excluding hydrogens is 354 g/mol. The summed E-state index contributed by atoms with van der Waals surface area (Å²) in [6.07, 6.45) is 1.65. The Morgan fingerprint density at radius 2 is 1.86 bits per heavy atom. The summed E-state index contributed by atoms with van der Waals surface area (Å²) in [5, 5.41) is 11.8. The molecule has 8 nitrogen and oxygen atoms in total. The Hall–Kier alpha value is -3.55. The van der Waals surface area contributed by atoms with Crippen LogP contribution in [-0.4, -0.2) is 35.3 Å². The lowest BCUT2D eigenvalue weighted by atomic mass is 10.2. The van der Waals surface area contributed by atoms with Crippen LogP contribution in [-0.2, 0) is 13.1 Å². The Labute approximate surface area is 162 Å². The second-order valence-corrected chi connectivity index (χ2v) is 6.71. The quantitative estimate of drug-likeness (QED) is 0.578. The van der Waals surface area contributed by atoms with E-state index in [0.29, 0.717) is 18.9 Å². The van der Waals surface area contributed by atoms with Crippen molar-refractivity contribution in [2.45, 2.75) is 33.9 Å². The number of carbonyl (C=O) groups excluding carboxylic acids is 1. The lowest BCUT2D eigenvalue weighted by Crippen LogP contribution is -2.24. The van der Waals surface area contributed by atoms with Gasteiger partial charge in [0.05, 0.1) is 12.2 Å². The number of fused-ring (bicyclic) bond motifs is 1. The topological polar surface area (TPSA) is 90.0 Å². The summed E-state index contributed by atoms with van der Waals surface area (Å²) < 4.78 is 3.52. The molecule has 4 aromatic rings. The van der Waals surface area contributed by atoms with Crippen molar-refractivity contribution < 1.29 is 4.79 Å². The van der Waals surface area contributed by atoms with Gasteiger partial charge in [-0.3, -0.25) is 9.48 Å². The number of aromatic nitrogens is 6. The Morgan fingerprint density at radius 3 is 2.61 bits per heavy atom. The molecule has 4 rings (SSSR count). The third kappa shape index (κ3) is 3.36. The van der Waals surface area contributed by atoms with Gasteiger partial charge in [0.1, 0.15) is 0 Å². The third-order valence-electron chi connectivity index (χ3n) is 4.77. The van der Waals surface area contributed by atoms with Gasteiger partial charge >= 0.3 is 0 Å². The average molecular weight is 375 g/mol. The number of carbonyl (C=O) groups is 1. The molecule has 0 aliphatic rings. The maximum Gasteiger partial charge on any atom is 0.291 e. The molecule has 0 aliphatic heterocycles. The van der Waals surface area contributed by atoms with Gasteiger partial charge in [-0.05, 0) is 32.4 Å². The molecule has 0 saturated carbocycles. The summed E-state index contributed by atoms with van der Waals surface area (Å²) in [6.45, 7) is 6.92. The van der Waals surface area contributed by atoms with Crippen molar-refractivity contribution in [3.8, 4) is 0 Å². The van der Waals surface area contributed by atoms with Crippen LogP contribution in [0.2, 0.25) is 0 Å². The highest BCUT2D eigenvalue weighted by molar-refractivity contribution is 5.90. The number of hydrogen-bond donors (Lipinski definition) is 1. The van der Waals surface area contributed by atoms with Gasteiger partial charge in [-0.15, -0.1) is 5.10 Å². The molecule has 1 aromatic carbocycles. The monoisotopic (exact) mass is 375 g/mol. The van der Waals surface area contributed by atoms with E-state index in [0.717, 1.165) is 22.6 Å². The second-order valence-electron chi connectivity index (χ2n) is 6.71. The summed E-state index contributed by atoms with van der Waals surface area (Å²) >= 11 is 0. The van der Waals surface area contributed by atoms with Crippen molar-refractivity contribution in [2.24, 2.45) is 0 Å². The Morgan fingerprint density at radius 1 is 1.07 bits per heavy atom. The Kier molecular flexibility index (Phi) is 4.60. The van der Waals surface area contributed by atoms with Crippen LogP contribution in [0.1, 0.15) is 38.8 Å². The normalized spacial score (nSPS) is 11.1. The third-order valence-corrected chi connectivity index (χ3v) is 4.77. The molecule has 0 saturated heterocycles. The summed E-state index contributed by atoms with van der Waals surface area (Å²) in [5.41, 5.74) is 4.98. The van der Waals surface area contributed by atoms with Crippen LogP contribution in [0.3, 0.4) is 0 Å². The summed E-state index contributed by atoms with van der Waals surface area (Å²) in [4.78, 5) is 20.8. The van der Waals surface area contributed by atoms with Crippen LogP contribution in [0.5, 0.6) is 0 Å². The first-order valence-electron chi connectivity index (χ1n) is 9.06. The van der Waals surface area contributed by atoms with Crippen LogP contribution in [0.25, 0.3) is 5.78 Å². The number of hydrogen-bond acceptors (Lipinski definition) is 5. The average Bonchev–Trinajstić information content (AvgIpc) is 3.24. The van der Waals surface area contributed by atoms with E-state index in [9.17, 15) is 4.79 Å². The highest BCUT2D eigenvalue weighted by atomic mass is 16.2. The van der Waals surface area contributed by atoms with Gasteiger partial charge in [0.15, 0.2) is 0 Å². The van der Waals surface area contributed by atoms with Gasteiger partial charge in [0, 0.05) is 29.7 Å². The fourth-order valence-electron chi connectivity index (χ4n) is 3.15. The predicted octanol–water partition coefficient (Wildman–Crippen LogP) is 2.22. The minimum absolute atomic E-state index is 0.105. The van der Waals surface area contributed by atoms with E-state index in [1.165, 1.54) is 5.56 Å². The predicted molar refractivity (Wildman–Crippen MR) is 104 cm³/mol. The maximum atomic E-state index is 12.5. The van der Waals surface area contributed by atoms with Gasteiger partial charge in [-0.1, -0.05) is 30.3 Å². The van der Waals surface area contributed by atoms with Crippen LogP contribution >= 0.6 is 0 Å². The zero-order valence-electron chi connectivity index (χ0n) is 16.0. The van der Waals surface area contributed by atoms with Crippen molar-refractivity contribution in [1.82, 2.24) is 34.7 Å². The van der Waals surface area contributed by atoms with Crippen molar-refractivity contribution in [1.29, 1.82) is 0 Å². The molecule has 8 heteroatoms. The van der Waals surface area contributed by atoms with Crippen LogP contribution < -0.4 is 5.32 Å². The van der Waals surface area contributed by atoms with E-state index < -0.39 is 0 Å². The van der Waals surface area contributed by atoms with E-state index in [-0.39, 0.29) is 11.7 Å². The van der Waals surface area contributed by atoms with E-state index in [1.54, 1.807) is 10.7 Å². The van der Waals surface area contributed by atoms with Gasteiger partial charge < -0.3 is 5.32 Å². The second kappa shape index (κ2) is 7.22.